The van der Waals surface area contributed by atoms with Crippen LogP contribution in [0.15, 0.2) is 24.6 Å². The standard InChI is InChI=1S/C23H43BN4O6/c1-9-13-32-24(28(17(3)4)18(5)6)33-14-20(10-2)34-22(16-31-15-21(29)25-8)27-12-11-19(7)26-23(27)30/h11-12,17-18,20,22H,7,9-10,13-16H2,1-6,8H3,(H,25,29)(H,26,30). The van der Waals surface area contributed by atoms with Crippen LogP contribution in [-0.2, 0) is 23.6 Å². The Bertz CT molecular complexity index is 668. The van der Waals surface area contributed by atoms with E-state index < -0.39 is 13.5 Å². The maximum atomic E-state index is 12.5. The first-order chi connectivity index (χ1) is 16.1. The first-order valence-electron chi connectivity index (χ1n) is 12.0. The summed E-state index contributed by atoms with van der Waals surface area (Å²) in [6.07, 6.45) is 3.68. The number of hydrogen-bond donors (Lipinski definition) is 2. The van der Waals surface area contributed by atoms with Gasteiger partial charge >= 0.3 is 13.3 Å². The molecule has 0 radical (unpaired) electrons. The number of amides is 3. The molecule has 3 amide bonds. The van der Waals surface area contributed by atoms with Crippen molar-refractivity contribution >= 4 is 19.2 Å². The summed E-state index contributed by atoms with van der Waals surface area (Å²) in [4.78, 5) is 27.6. The van der Waals surface area contributed by atoms with Crippen LogP contribution in [0.2, 0.25) is 0 Å². The van der Waals surface area contributed by atoms with Crippen LogP contribution in [0.5, 0.6) is 0 Å². The molecule has 11 heteroatoms. The van der Waals surface area contributed by atoms with Crippen molar-refractivity contribution in [2.24, 2.45) is 0 Å². The van der Waals surface area contributed by atoms with Crippen molar-refractivity contribution in [2.45, 2.75) is 78.8 Å². The maximum Gasteiger partial charge on any atom is 0.558 e. The Balaban J connectivity index is 2.92. The molecule has 0 bridgehead atoms. The Labute approximate surface area is 205 Å². The zero-order valence-electron chi connectivity index (χ0n) is 21.8. The molecule has 10 nitrogen and oxygen atoms in total. The van der Waals surface area contributed by atoms with Gasteiger partial charge in [0.05, 0.1) is 19.3 Å². The molecule has 0 aromatic carbocycles. The first kappa shape index (κ1) is 30.1. The summed E-state index contributed by atoms with van der Waals surface area (Å²) in [6.45, 7) is 16.9. The second kappa shape index (κ2) is 15.9. The van der Waals surface area contributed by atoms with E-state index in [1.807, 2.05) is 6.92 Å². The molecule has 1 heterocycles. The molecular formula is C23H43BN4O6. The SMILES string of the molecule is C=C1C=CN(C(COCC(=O)NC)OC(CC)COB(OCCC)N(C(C)C)C(C)C)C(=O)N1. The predicted octanol–water partition coefficient (Wildman–Crippen LogP) is 2.47. The van der Waals surface area contributed by atoms with Crippen LogP contribution in [0.1, 0.15) is 54.4 Å². The van der Waals surface area contributed by atoms with E-state index in [4.69, 9.17) is 18.8 Å². The molecule has 0 aromatic heterocycles. The highest BCUT2D eigenvalue weighted by atomic mass is 16.6. The van der Waals surface area contributed by atoms with Crippen LogP contribution in [0, 0.1) is 0 Å². The highest BCUT2D eigenvalue weighted by Crippen LogP contribution is 2.16. The number of carbonyl (C=O) groups is 2. The Hall–Kier alpha value is -1.92. The lowest BCUT2D eigenvalue weighted by Crippen LogP contribution is -2.53. The molecule has 2 atom stereocenters. The fourth-order valence-corrected chi connectivity index (χ4v) is 3.41. The van der Waals surface area contributed by atoms with Crippen molar-refractivity contribution in [3.63, 3.8) is 0 Å². The molecule has 0 fully saturated rings. The van der Waals surface area contributed by atoms with Crippen molar-refractivity contribution < 1.29 is 28.4 Å². The average Bonchev–Trinajstić information content (AvgIpc) is 2.78. The lowest BCUT2D eigenvalue weighted by molar-refractivity contribution is -0.135. The molecule has 0 aromatic rings. The molecule has 1 rings (SSSR count). The minimum absolute atomic E-state index is 0.00797. The minimum atomic E-state index is -0.760. The van der Waals surface area contributed by atoms with E-state index in [9.17, 15) is 9.59 Å². The van der Waals surface area contributed by atoms with E-state index in [0.29, 0.717) is 18.7 Å². The van der Waals surface area contributed by atoms with E-state index in [2.05, 4.69) is 56.6 Å². The fraction of sp³-hybridized carbons (Fsp3) is 0.739. The van der Waals surface area contributed by atoms with Gasteiger partial charge in [-0.05, 0) is 31.0 Å². The monoisotopic (exact) mass is 482 g/mol. The van der Waals surface area contributed by atoms with Crippen molar-refractivity contribution in [3.8, 4) is 0 Å². The minimum Gasteiger partial charge on any atom is -0.397 e. The topological polar surface area (TPSA) is 102 Å². The average molecular weight is 482 g/mol. The van der Waals surface area contributed by atoms with E-state index in [0.717, 1.165) is 6.42 Å². The zero-order valence-corrected chi connectivity index (χ0v) is 21.8. The largest absolute Gasteiger partial charge is 0.558 e. The molecule has 194 valence electrons. The highest BCUT2D eigenvalue weighted by Gasteiger charge is 2.34. The van der Waals surface area contributed by atoms with Crippen molar-refractivity contribution in [3.05, 3.63) is 24.6 Å². The van der Waals surface area contributed by atoms with Gasteiger partial charge in [-0.3, -0.25) is 14.5 Å². The Morgan fingerprint density at radius 1 is 1.21 bits per heavy atom. The number of urea groups is 1. The van der Waals surface area contributed by atoms with Gasteiger partial charge in [0, 0.05) is 25.6 Å². The third kappa shape index (κ3) is 10.1. The van der Waals surface area contributed by atoms with Gasteiger partial charge in [-0.2, -0.15) is 0 Å². The number of likely N-dealkylation sites (N-methyl/N-ethyl adjacent to an activating group) is 1. The smallest absolute Gasteiger partial charge is 0.397 e. The number of hydrogen-bond acceptors (Lipinski definition) is 7. The van der Waals surface area contributed by atoms with Crippen molar-refractivity contribution in [1.29, 1.82) is 0 Å². The molecule has 2 N–H and O–H groups in total. The molecule has 0 saturated heterocycles. The number of nitrogens with one attached hydrogen (secondary N) is 2. The maximum absolute atomic E-state index is 12.5. The third-order valence-corrected chi connectivity index (χ3v) is 5.15. The summed E-state index contributed by atoms with van der Waals surface area (Å²) in [5.41, 5.74) is 0.486. The first-order valence-corrected chi connectivity index (χ1v) is 12.0. The van der Waals surface area contributed by atoms with Crippen LogP contribution >= 0.6 is 0 Å². The Kier molecular flexibility index (Phi) is 14.1. The summed E-state index contributed by atoms with van der Waals surface area (Å²) in [5.74, 6) is -0.264. The second-order valence-corrected chi connectivity index (χ2v) is 8.63. The van der Waals surface area contributed by atoms with Gasteiger partial charge in [-0.1, -0.05) is 48.1 Å². The molecule has 0 aliphatic carbocycles. The van der Waals surface area contributed by atoms with E-state index in [1.54, 1.807) is 12.3 Å². The normalized spacial score (nSPS) is 15.8. The van der Waals surface area contributed by atoms with Crippen LogP contribution in [0.4, 0.5) is 4.79 Å². The van der Waals surface area contributed by atoms with Crippen molar-refractivity contribution in [2.75, 3.05) is 33.5 Å². The van der Waals surface area contributed by atoms with Gasteiger partial charge < -0.3 is 29.4 Å². The van der Waals surface area contributed by atoms with Gasteiger partial charge in [0.25, 0.3) is 0 Å². The summed E-state index contributed by atoms with van der Waals surface area (Å²) in [6, 6.07) is 0.0692. The number of rotatable bonds is 17. The predicted molar refractivity (Wildman–Crippen MR) is 133 cm³/mol. The van der Waals surface area contributed by atoms with E-state index >= 15 is 0 Å². The van der Waals surface area contributed by atoms with Crippen LogP contribution < -0.4 is 10.6 Å². The van der Waals surface area contributed by atoms with E-state index in [1.165, 1.54) is 11.9 Å². The van der Waals surface area contributed by atoms with E-state index in [-0.39, 0.29) is 49.9 Å². The molecule has 1 aliphatic heterocycles. The highest BCUT2D eigenvalue weighted by molar-refractivity contribution is 6.41. The van der Waals surface area contributed by atoms with Crippen LogP contribution in [-0.4, -0.2) is 86.8 Å². The number of carbonyl (C=O) groups excluding carboxylic acids is 2. The number of ether oxygens (including phenoxy) is 2. The Morgan fingerprint density at radius 3 is 2.41 bits per heavy atom. The molecule has 0 saturated carbocycles. The fourth-order valence-electron chi connectivity index (χ4n) is 3.41. The Morgan fingerprint density at radius 2 is 1.88 bits per heavy atom. The third-order valence-electron chi connectivity index (χ3n) is 5.15. The van der Waals surface area contributed by atoms with Gasteiger partial charge in [-0.15, -0.1) is 0 Å². The van der Waals surface area contributed by atoms with Gasteiger partial charge in [0.1, 0.15) is 6.61 Å². The molecule has 0 spiro atoms. The number of allylic oxidation sites excluding steroid dienone is 1. The summed E-state index contributed by atoms with van der Waals surface area (Å²) < 4.78 is 24.0. The summed E-state index contributed by atoms with van der Waals surface area (Å²) in [7, 11) is 1.02. The second-order valence-electron chi connectivity index (χ2n) is 8.63. The van der Waals surface area contributed by atoms with Gasteiger partial charge in [0.15, 0.2) is 6.23 Å². The summed E-state index contributed by atoms with van der Waals surface area (Å²) >= 11 is 0. The molecule has 34 heavy (non-hydrogen) atoms. The number of nitrogens with zero attached hydrogens (tertiary/aromatic N) is 2. The van der Waals surface area contributed by atoms with Gasteiger partial charge in [-0.25, -0.2) is 4.79 Å². The van der Waals surface area contributed by atoms with Crippen molar-refractivity contribution in [1.82, 2.24) is 20.3 Å². The van der Waals surface area contributed by atoms with Gasteiger partial charge in [0.2, 0.25) is 5.91 Å². The zero-order chi connectivity index (χ0) is 25.7. The van der Waals surface area contributed by atoms with Crippen LogP contribution in [0.3, 0.4) is 0 Å². The molecule has 1 aliphatic rings. The quantitative estimate of drug-likeness (QED) is 0.307. The van der Waals surface area contributed by atoms with Crippen LogP contribution in [0.25, 0.3) is 0 Å². The molecule has 2 unspecified atom stereocenters. The lowest BCUT2D eigenvalue weighted by atomic mass is 9.97. The lowest BCUT2D eigenvalue weighted by Gasteiger charge is -2.36. The molecular weight excluding hydrogens is 439 g/mol. The summed E-state index contributed by atoms with van der Waals surface area (Å²) in [5, 5.41) is 5.16.